The number of hydrogen-bond acceptors (Lipinski definition) is 6. The van der Waals surface area contributed by atoms with Crippen molar-refractivity contribution < 1.29 is 19.1 Å². The van der Waals surface area contributed by atoms with Crippen molar-refractivity contribution in [3.05, 3.63) is 11.4 Å². The van der Waals surface area contributed by atoms with Gasteiger partial charge in [0, 0.05) is 19.0 Å². The number of amides is 1. The van der Waals surface area contributed by atoms with E-state index in [2.05, 4.69) is 15.4 Å². The number of piperidine rings is 1. The lowest BCUT2D eigenvalue weighted by Crippen LogP contribution is -2.41. The van der Waals surface area contributed by atoms with Crippen LogP contribution in [-0.2, 0) is 9.47 Å². The van der Waals surface area contributed by atoms with E-state index in [1.807, 2.05) is 20.8 Å². The van der Waals surface area contributed by atoms with E-state index in [9.17, 15) is 9.59 Å². The van der Waals surface area contributed by atoms with Crippen LogP contribution >= 0.6 is 0 Å². The van der Waals surface area contributed by atoms with E-state index in [0.717, 1.165) is 0 Å². The number of aromatic nitrogens is 3. The summed E-state index contributed by atoms with van der Waals surface area (Å²) in [5, 5.41) is 10.4. The lowest BCUT2D eigenvalue weighted by atomic mass is 9.92. The molecule has 1 aromatic heterocycles. The predicted molar refractivity (Wildman–Crippen MR) is 77.5 cm³/mol. The molecule has 0 radical (unpaired) electrons. The number of nitrogens with zero attached hydrogens (tertiary/aromatic N) is 3. The van der Waals surface area contributed by atoms with Crippen LogP contribution in [0.5, 0.6) is 0 Å². The molecule has 0 saturated carbocycles. The van der Waals surface area contributed by atoms with Gasteiger partial charge in [-0.15, -0.1) is 5.10 Å². The molecule has 122 valence electrons. The average Bonchev–Trinajstić information content (AvgIpc) is 2.94. The first kappa shape index (κ1) is 16.3. The summed E-state index contributed by atoms with van der Waals surface area (Å²) in [6, 6.07) is 0. The van der Waals surface area contributed by atoms with Gasteiger partial charge in [0.15, 0.2) is 5.69 Å². The molecule has 0 unspecified atom stereocenters. The third-order valence-electron chi connectivity index (χ3n) is 3.49. The SMILES string of the molecule is COC(=O)c1n[nH]nc1C1CCN(C(=O)OC(C)(C)C)CC1. The highest BCUT2D eigenvalue weighted by Crippen LogP contribution is 2.29. The second-order valence-corrected chi connectivity index (χ2v) is 6.29. The van der Waals surface area contributed by atoms with E-state index < -0.39 is 11.6 Å². The molecule has 2 rings (SSSR count). The quantitative estimate of drug-likeness (QED) is 0.835. The molecule has 1 amide bonds. The molecule has 0 aliphatic carbocycles. The van der Waals surface area contributed by atoms with Crippen LogP contribution in [0.4, 0.5) is 4.79 Å². The summed E-state index contributed by atoms with van der Waals surface area (Å²) in [5.74, 6) is -0.426. The minimum absolute atomic E-state index is 0.0755. The molecule has 0 aromatic carbocycles. The number of esters is 1. The zero-order valence-electron chi connectivity index (χ0n) is 13.4. The molecule has 22 heavy (non-hydrogen) atoms. The highest BCUT2D eigenvalue weighted by molar-refractivity contribution is 5.88. The monoisotopic (exact) mass is 310 g/mol. The fraction of sp³-hybridized carbons (Fsp3) is 0.714. The van der Waals surface area contributed by atoms with E-state index in [1.165, 1.54) is 7.11 Å². The maximum Gasteiger partial charge on any atom is 0.410 e. The number of aromatic amines is 1. The van der Waals surface area contributed by atoms with Crippen molar-refractivity contribution in [3.8, 4) is 0 Å². The fourth-order valence-corrected chi connectivity index (χ4v) is 2.43. The first-order chi connectivity index (χ1) is 10.3. The van der Waals surface area contributed by atoms with Crippen molar-refractivity contribution >= 4 is 12.1 Å². The van der Waals surface area contributed by atoms with Crippen molar-refractivity contribution in [2.75, 3.05) is 20.2 Å². The van der Waals surface area contributed by atoms with Crippen LogP contribution in [0, 0.1) is 0 Å². The molecule has 0 spiro atoms. The lowest BCUT2D eigenvalue weighted by Gasteiger charge is -2.32. The summed E-state index contributed by atoms with van der Waals surface area (Å²) in [7, 11) is 1.31. The first-order valence-electron chi connectivity index (χ1n) is 7.28. The Hall–Kier alpha value is -2.12. The van der Waals surface area contributed by atoms with Crippen molar-refractivity contribution in [2.24, 2.45) is 0 Å². The minimum atomic E-state index is -0.502. The molecule has 1 fully saturated rings. The topological polar surface area (TPSA) is 97.4 Å². The van der Waals surface area contributed by atoms with Gasteiger partial charge in [-0.05, 0) is 33.6 Å². The summed E-state index contributed by atoms with van der Waals surface area (Å²) < 4.78 is 10.1. The molecular weight excluding hydrogens is 288 g/mol. The Kier molecular flexibility index (Phi) is 4.68. The highest BCUT2D eigenvalue weighted by Gasteiger charge is 2.31. The molecule has 8 heteroatoms. The minimum Gasteiger partial charge on any atom is -0.464 e. The van der Waals surface area contributed by atoms with Gasteiger partial charge in [-0.25, -0.2) is 9.59 Å². The van der Waals surface area contributed by atoms with E-state index in [4.69, 9.17) is 9.47 Å². The van der Waals surface area contributed by atoms with Crippen LogP contribution in [0.25, 0.3) is 0 Å². The van der Waals surface area contributed by atoms with Gasteiger partial charge in [-0.1, -0.05) is 0 Å². The number of nitrogens with one attached hydrogen (secondary N) is 1. The zero-order chi connectivity index (χ0) is 16.3. The van der Waals surface area contributed by atoms with Gasteiger partial charge >= 0.3 is 12.1 Å². The maximum absolute atomic E-state index is 12.0. The number of hydrogen-bond donors (Lipinski definition) is 1. The molecular formula is C14H22N4O4. The standard InChI is InChI=1S/C14H22N4O4/c1-14(2,3)22-13(20)18-7-5-9(6-8-18)10-11(12(19)21-4)16-17-15-10/h9H,5-8H2,1-4H3,(H,15,16,17). The van der Waals surface area contributed by atoms with E-state index >= 15 is 0 Å². The maximum atomic E-state index is 12.0. The number of methoxy groups -OCH3 is 1. The Morgan fingerprint density at radius 3 is 2.41 bits per heavy atom. The molecule has 1 aliphatic heterocycles. The summed E-state index contributed by atoms with van der Waals surface area (Å²) in [6.45, 7) is 6.65. The van der Waals surface area contributed by atoms with Crippen molar-refractivity contribution in [1.82, 2.24) is 20.3 Å². The van der Waals surface area contributed by atoms with Gasteiger partial charge < -0.3 is 14.4 Å². The Labute approximate surface area is 129 Å². The number of carbonyl (C=O) groups is 2. The average molecular weight is 310 g/mol. The van der Waals surface area contributed by atoms with Crippen molar-refractivity contribution in [1.29, 1.82) is 0 Å². The Morgan fingerprint density at radius 2 is 1.86 bits per heavy atom. The molecule has 1 aromatic rings. The molecule has 1 N–H and O–H groups in total. The Morgan fingerprint density at radius 1 is 1.23 bits per heavy atom. The summed E-state index contributed by atoms with van der Waals surface area (Å²) >= 11 is 0. The third kappa shape index (κ3) is 3.75. The van der Waals surface area contributed by atoms with Gasteiger partial charge in [0.1, 0.15) is 11.3 Å². The van der Waals surface area contributed by atoms with Crippen LogP contribution in [0.1, 0.15) is 55.7 Å². The Balaban J connectivity index is 1.97. The first-order valence-corrected chi connectivity index (χ1v) is 7.28. The smallest absolute Gasteiger partial charge is 0.410 e. The zero-order valence-corrected chi connectivity index (χ0v) is 13.4. The van der Waals surface area contributed by atoms with Crippen LogP contribution in [0.2, 0.25) is 0 Å². The van der Waals surface area contributed by atoms with Gasteiger partial charge in [-0.2, -0.15) is 10.3 Å². The van der Waals surface area contributed by atoms with E-state index in [0.29, 0.717) is 31.6 Å². The highest BCUT2D eigenvalue weighted by atomic mass is 16.6. The predicted octanol–water partition coefficient (Wildman–Crippen LogP) is 1.71. The van der Waals surface area contributed by atoms with Gasteiger partial charge in [0.25, 0.3) is 0 Å². The fourth-order valence-electron chi connectivity index (χ4n) is 2.43. The number of carbonyl (C=O) groups excluding carboxylic acids is 2. The number of likely N-dealkylation sites (tertiary alicyclic amines) is 1. The molecule has 2 heterocycles. The van der Waals surface area contributed by atoms with Crippen molar-refractivity contribution in [2.45, 2.75) is 45.1 Å². The molecule has 0 bridgehead atoms. The van der Waals surface area contributed by atoms with Gasteiger partial charge in [-0.3, -0.25) is 0 Å². The largest absolute Gasteiger partial charge is 0.464 e. The lowest BCUT2D eigenvalue weighted by molar-refractivity contribution is 0.0202. The molecule has 0 atom stereocenters. The molecule has 8 nitrogen and oxygen atoms in total. The van der Waals surface area contributed by atoms with Crippen molar-refractivity contribution in [3.63, 3.8) is 0 Å². The molecule has 1 aliphatic rings. The van der Waals surface area contributed by atoms with E-state index in [1.54, 1.807) is 4.90 Å². The normalized spacial score (nSPS) is 16.5. The molecule has 1 saturated heterocycles. The number of H-pyrrole nitrogens is 1. The number of rotatable bonds is 2. The summed E-state index contributed by atoms with van der Waals surface area (Å²) in [4.78, 5) is 25.3. The van der Waals surface area contributed by atoms with Crippen LogP contribution in [0.3, 0.4) is 0 Å². The van der Waals surface area contributed by atoms with Crippen LogP contribution in [-0.4, -0.2) is 58.2 Å². The second kappa shape index (κ2) is 6.33. The van der Waals surface area contributed by atoms with E-state index in [-0.39, 0.29) is 17.7 Å². The summed E-state index contributed by atoms with van der Waals surface area (Å²) in [6.07, 6.45) is 1.10. The van der Waals surface area contributed by atoms with Crippen LogP contribution < -0.4 is 0 Å². The third-order valence-corrected chi connectivity index (χ3v) is 3.49. The second-order valence-electron chi connectivity index (χ2n) is 6.29. The van der Waals surface area contributed by atoms with Gasteiger partial charge in [0.2, 0.25) is 0 Å². The van der Waals surface area contributed by atoms with Crippen LogP contribution in [0.15, 0.2) is 0 Å². The Bertz CT molecular complexity index is 541. The van der Waals surface area contributed by atoms with Gasteiger partial charge in [0.05, 0.1) is 7.11 Å². The summed E-state index contributed by atoms with van der Waals surface area (Å²) in [5.41, 5.74) is 0.326. The number of ether oxygens (including phenoxy) is 2.